The van der Waals surface area contributed by atoms with Crippen molar-refractivity contribution in [2.24, 2.45) is 0 Å². The van der Waals surface area contributed by atoms with Gasteiger partial charge in [-0.05, 0) is 41.5 Å². The second-order valence-corrected chi connectivity index (χ2v) is 8.44. The molecule has 168 valence electrons. The molecule has 0 aliphatic carbocycles. The van der Waals surface area contributed by atoms with Gasteiger partial charge in [0, 0.05) is 23.6 Å². The Morgan fingerprint density at radius 2 is 1.67 bits per heavy atom. The van der Waals surface area contributed by atoms with Gasteiger partial charge in [-0.15, -0.1) is 0 Å². The van der Waals surface area contributed by atoms with Gasteiger partial charge in [-0.25, -0.2) is 8.78 Å². The van der Waals surface area contributed by atoms with Crippen LogP contribution in [0.1, 0.15) is 21.8 Å². The van der Waals surface area contributed by atoms with E-state index in [1.807, 2.05) is 24.3 Å². The van der Waals surface area contributed by atoms with E-state index in [9.17, 15) is 23.5 Å². The van der Waals surface area contributed by atoms with Crippen LogP contribution < -0.4 is 0 Å². The lowest BCUT2D eigenvalue weighted by Crippen LogP contribution is -2.73. The maximum Gasteiger partial charge on any atom is 0.254 e. The predicted octanol–water partition coefficient (Wildman–Crippen LogP) is 3.44. The molecule has 33 heavy (non-hydrogen) atoms. The number of aliphatic hydroxyl groups is 1. The van der Waals surface area contributed by atoms with Crippen molar-refractivity contribution in [2.75, 3.05) is 19.7 Å². The minimum absolute atomic E-state index is 0.0812. The molecule has 0 saturated carbocycles. The average molecular weight is 448 g/mol. The summed E-state index contributed by atoms with van der Waals surface area (Å²) in [5, 5.41) is 9.96. The Hall–Kier alpha value is -3.58. The zero-order valence-corrected chi connectivity index (χ0v) is 17.7. The smallest absolute Gasteiger partial charge is 0.254 e. The molecule has 0 unspecified atom stereocenters. The Labute approximate surface area is 189 Å². The third kappa shape index (κ3) is 3.68. The number of benzene rings is 3. The molecule has 5 rings (SSSR count). The van der Waals surface area contributed by atoms with Gasteiger partial charge < -0.3 is 14.9 Å². The van der Waals surface area contributed by atoms with E-state index in [1.54, 1.807) is 23.1 Å². The second kappa shape index (κ2) is 8.41. The summed E-state index contributed by atoms with van der Waals surface area (Å²) in [6, 6.07) is 18.6. The molecule has 7 heteroatoms. The second-order valence-electron chi connectivity index (χ2n) is 8.44. The Morgan fingerprint density at radius 3 is 2.33 bits per heavy atom. The molecule has 0 spiro atoms. The van der Waals surface area contributed by atoms with E-state index in [0.29, 0.717) is 17.7 Å². The zero-order valence-electron chi connectivity index (χ0n) is 17.7. The molecule has 3 aromatic carbocycles. The first-order valence-corrected chi connectivity index (χ1v) is 10.8. The number of carbonyl (C=O) groups is 2. The molecule has 5 nitrogen and oxygen atoms in total. The topological polar surface area (TPSA) is 60.9 Å². The van der Waals surface area contributed by atoms with Gasteiger partial charge in [0.1, 0.15) is 18.2 Å². The molecule has 2 aliphatic rings. The maximum atomic E-state index is 14.1. The number of fused-ring (bicyclic) bond motifs is 1. The molecule has 0 aromatic heterocycles. The molecule has 0 bridgehead atoms. The number of hydrogen-bond donors (Lipinski definition) is 1. The van der Waals surface area contributed by atoms with Gasteiger partial charge in [-0.3, -0.25) is 9.59 Å². The van der Waals surface area contributed by atoms with Crippen molar-refractivity contribution in [2.45, 2.75) is 18.0 Å². The summed E-state index contributed by atoms with van der Waals surface area (Å²) in [6.07, 6.45) is 0. The van der Waals surface area contributed by atoms with Crippen LogP contribution in [0.15, 0.2) is 72.8 Å². The number of aliphatic hydroxyl groups excluding tert-OH is 1. The molecule has 3 atom stereocenters. The van der Waals surface area contributed by atoms with Gasteiger partial charge in [0.05, 0.1) is 18.7 Å². The fourth-order valence-corrected chi connectivity index (χ4v) is 5.01. The van der Waals surface area contributed by atoms with E-state index in [-0.39, 0.29) is 48.8 Å². The van der Waals surface area contributed by atoms with Crippen molar-refractivity contribution in [3.63, 3.8) is 0 Å². The first-order chi connectivity index (χ1) is 16.0. The SMILES string of the molecule is O=C(c1ccc(F)cc1)N1CC(=O)N2[C@H](CO)[C@H](c3ccc(-c4ccccc4F)cc3)[C@H]2C1. The fourth-order valence-electron chi connectivity index (χ4n) is 5.01. The molecule has 2 saturated heterocycles. The molecule has 2 amide bonds. The van der Waals surface area contributed by atoms with Crippen molar-refractivity contribution in [3.05, 3.63) is 95.6 Å². The van der Waals surface area contributed by atoms with Gasteiger partial charge >= 0.3 is 0 Å². The lowest BCUT2D eigenvalue weighted by atomic mass is 9.73. The summed E-state index contributed by atoms with van der Waals surface area (Å²) >= 11 is 0. The number of nitrogens with zero attached hydrogens (tertiary/aromatic N) is 2. The van der Waals surface area contributed by atoms with Gasteiger partial charge in [0.15, 0.2) is 0 Å². The minimum atomic E-state index is -0.434. The maximum absolute atomic E-state index is 14.1. The Balaban J connectivity index is 1.39. The van der Waals surface area contributed by atoms with Crippen LogP contribution in [-0.4, -0.2) is 58.5 Å². The normalized spacial score (nSPS) is 22.0. The van der Waals surface area contributed by atoms with Crippen LogP contribution in [0.4, 0.5) is 8.78 Å². The fraction of sp³-hybridized carbons (Fsp3) is 0.231. The van der Waals surface area contributed by atoms with E-state index in [4.69, 9.17) is 0 Å². The van der Waals surface area contributed by atoms with Crippen LogP contribution in [0.5, 0.6) is 0 Å². The van der Waals surface area contributed by atoms with E-state index in [1.165, 1.54) is 35.2 Å². The van der Waals surface area contributed by atoms with Crippen LogP contribution >= 0.6 is 0 Å². The summed E-state index contributed by atoms with van der Waals surface area (Å²) in [5.74, 6) is -1.45. The van der Waals surface area contributed by atoms with Crippen molar-refractivity contribution < 1.29 is 23.5 Å². The van der Waals surface area contributed by atoms with Crippen LogP contribution in [0.25, 0.3) is 11.1 Å². The highest BCUT2D eigenvalue weighted by Crippen LogP contribution is 2.43. The van der Waals surface area contributed by atoms with Gasteiger partial charge in [0.25, 0.3) is 5.91 Å². The zero-order chi connectivity index (χ0) is 23.1. The first kappa shape index (κ1) is 21.3. The number of hydrogen-bond acceptors (Lipinski definition) is 3. The summed E-state index contributed by atoms with van der Waals surface area (Å²) in [6.45, 7) is 0.0498. The van der Waals surface area contributed by atoms with E-state index >= 15 is 0 Å². The molecular formula is C26H22F2N2O3. The number of halogens is 2. The third-order valence-electron chi connectivity index (χ3n) is 6.61. The monoisotopic (exact) mass is 448 g/mol. The average Bonchev–Trinajstić information content (AvgIpc) is 2.81. The Bertz CT molecular complexity index is 1200. The Morgan fingerprint density at radius 1 is 0.970 bits per heavy atom. The van der Waals surface area contributed by atoms with Crippen LogP contribution in [-0.2, 0) is 4.79 Å². The summed E-state index contributed by atoms with van der Waals surface area (Å²) in [7, 11) is 0. The number of rotatable bonds is 4. The third-order valence-corrected chi connectivity index (χ3v) is 6.61. The molecular weight excluding hydrogens is 426 g/mol. The number of carbonyl (C=O) groups excluding carboxylic acids is 2. The summed E-state index contributed by atoms with van der Waals surface area (Å²) in [4.78, 5) is 28.8. The number of piperazine rings is 1. The van der Waals surface area contributed by atoms with Crippen molar-refractivity contribution in [1.82, 2.24) is 9.80 Å². The van der Waals surface area contributed by atoms with Crippen LogP contribution in [0, 0.1) is 11.6 Å². The van der Waals surface area contributed by atoms with Crippen molar-refractivity contribution in [3.8, 4) is 11.1 Å². The molecule has 3 aromatic rings. The van der Waals surface area contributed by atoms with Gasteiger partial charge in [-0.2, -0.15) is 0 Å². The first-order valence-electron chi connectivity index (χ1n) is 10.8. The highest BCUT2D eigenvalue weighted by molar-refractivity contribution is 5.97. The van der Waals surface area contributed by atoms with Crippen molar-refractivity contribution in [1.29, 1.82) is 0 Å². The van der Waals surface area contributed by atoms with Crippen LogP contribution in [0.3, 0.4) is 0 Å². The van der Waals surface area contributed by atoms with Crippen molar-refractivity contribution >= 4 is 11.8 Å². The van der Waals surface area contributed by atoms with E-state index < -0.39 is 5.82 Å². The standard InChI is InChI=1S/C26H22F2N2O3/c27-19-11-9-18(10-12-19)26(33)29-13-22-25(23(15-31)30(22)24(32)14-29)17-7-5-16(6-8-17)20-3-1-2-4-21(20)28/h1-12,22-23,25,31H,13-15H2/t22-,23-,25-/m1/s1. The van der Waals surface area contributed by atoms with E-state index in [0.717, 1.165) is 11.1 Å². The quantitative estimate of drug-likeness (QED) is 0.665. The lowest BCUT2D eigenvalue weighted by molar-refractivity contribution is -0.159. The van der Waals surface area contributed by atoms with Crippen LogP contribution in [0.2, 0.25) is 0 Å². The predicted molar refractivity (Wildman–Crippen MR) is 118 cm³/mol. The minimum Gasteiger partial charge on any atom is -0.394 e. The van der Waals surface area contributed by atoms with Gasteiger partial charge in [-0.1, -0.05) is 42.5 Å². The molecule has 1 N–H and O–H groups in total. The van der Waals surface area contributed by atoms with Gasteiger partial charge in [0.2, 0.25) is 5.91 Å². The molecule has 2 heterocycles. The number of amides is 2. The Kier molecular flexibility index (Phi) is 5.42. The lowest BCUT2D eigenvalue weighted by Gasteiger charge is -2.58. The summed E-state index contributed by atoms with van der Waals surface area (Å²) < 4.78 is 27.4. The molecule has 2 fully saturated rings. The summed E-state index contributed by atoms with van der Waals surface area (Å²) in [5.41, 5.74) is 2.48. The largest absolute Gasteiger partial charge is 0.394 e. The van der Waals surface area contributed by atoms with E-state index in [2.05, 4.69) is 0 Å². The molecule has 0 radical (unpaired) electrons. The highest BCUT2D eigenvalue weighted by Gasteiger charge is 2.54. The highest BCUT2D eigenvalue weighted by atomic mass is 19.1. The molecule has 2 aliphatic heterocycles.